The minimum atomic E-state index is -0.388. The molecule has 0 bridgehead atoms. The minimum absolute atomic E-state index is 0.102. The lowest BCUT2D eigenvalue weighted by atomic mass is 10.1. The Morgan fingerprint density at radius 2 is 2.11 bits per heavy atom. The fourth-order valence-electron chi connectivity index (χ4n) is 3.25. The fourth-order valence-corrected chi connectivity index (χ4v) is 3.25. The van der Waals surface area contributed by atoms with Gasteiger partial charge in [-0.1, -0.05) is 24.3 Å². The second-order valence-corrected chi connectivity index (χ2v) is 6.42. The molecule has 1 aliphatic rings. The SMILES string of the molecule is COc1ccccc1CCNC(=O)C1CC(=O)N(c2cccc(C#N)c2)C1. The van der Waals surface area contributed by atoms with Gasteiger partial charge in [-0.3, -0.25) is 9.59 Å². The molecule has 1 saturated heterocycles. The van der Waals surface area contributed by atoms with Crippen LogP contribution in [0.15, 0.2) is 48.5 Å². The molecule has 0 spiro atoms. The summed E-state index contributed by atoms with van der Waals surface area (Å²) in [5, 5.41) is 11.9. The van der Waals surface area contributed by atoms with Gasteiger partial charge < -0.3 is 15.0 Å². The zero-order chi connectivity index (χ0) is 19.2. The molecule has 2 aromatic rings. The van der Waals surface area contributed by atoms with E-state index in [4.69, 9.17) is 10.00 Å². The van der Waals surface area contributed by atoms with Gasteiger partial charge in [0, 0.05) is 25.2 Å². The van der Waals surface area contributed by atoms with Gasteiger partial charge in [-0.15, -0.1) is 0 Å². The highest BCUT2D eigenvalue weighted by atomic mass is 16.5. The molecule has 0 aromatic heterocycles. The van der Waals surface area contributed by atoms with Gasteiger partial charge in [0.15, 0.2) is 0 Å². The van der Waals surface area contributed by atoms with Crippen molar-refractivity contribution in [3.05, 3.63) is 59.7 Å². The Bertz CT molecular complexity index is 888. The first-order chi connectivity index (χ1) is 13.1. The van der Waals surface area contributed by atoms with Gasteiger partial charge in [0.1, 0.15) is 5.75 Å². The Morgan fingerprint density at radius 3 is 2.89 bits per heavy atom. The molecule has 0 saturated carbocycles. The van der Waals surface area contributed by atoms with Crippen molar-refractivity contribution in [2.24, 2.45) is 5.92 Å². The lowest BCUT2D eigenvalue weighted by Gasteiger charge is -2.17. The molecule has 6 heteroatoms. The predicted octanol–water partition coefficient (Wildman–Crippen LogP) is 2.28. The molecule has 2 aromatic carbocycles. The van der Waals surface area contributed by atoms with E-state index in [-0.39, 0.29) is 24.2 Å². The average molecular weight is 363 g/mol. The monoisotopic (exact) mass is 363 g/mol. The summed E-state index contributed by atoms with van der Waals surface area (Å²) in [6.45, 7) is 0.808. The zero-order valence-corrected chi connectivity index (χ0v) is 15.1. The Hall–Kier alpha value is -3.33. The highest BCUT2D eigenvalue weighted by Gasteiger charge is 2.35. The van der Waals surface area contributed by atoms with E-state index in [9.17, 15) is 9.59 Å². The highest BCUT2D eigenvalue weighted by molar-refractivity contribution is 6.00. The fraction of sp³-hybridized carbons (Fsp3) is 0.286. The highest BCUT2D eigenvalue weighted by Crippen LogP contribution is 2.26. The number of nitrogens with zero attached hydrogens (tertiary/aromatic N) is 2. The van der Waals surface area contributed by atoms with E-state index in [2.05, 4.69) is 11.4 Å². The lowest BCUT2D eigenvalue weighted by molar-refractivity contribution is -0.126. The van der Waals surface area contributed by atoms with Gasteiger partial charge in [-0.05, 0) is 36.2 Å². The second kappa shape index (κ2) is 8.37. The number of rotatable bonds is 6. The Balaban J connectivity index is 1.57. The van der Waals surface area contributed by atoms with Gasteiger partial charge in [0.25, 0.3) is 0 Å². The number of methoxy groups -OCH3 is 1. The third-order valence-corrected chi connectivity index (χ3v) is 4.67. The summed E-state index contributed by atoms with van der Waals surface area (Å²) in [4.78, 5) is 26.4. The standard InChI is InChI=1S/C21H21N3O3/c1-27-19-8-3-2-6-16(19)9-10-23-21(26)17-12-20(25)24(14-17)18-7-4-5-15(11-18)13-22/h2-8,11,17H,9-10,12,14H2,1H3,(H,23,26). The van der Waals surface area contributed by atoms with Crippen molar-refractivity contribution in [3.8, 4) is 11.8 Å². The first kappa shape index (κ1) is 18.5. The molecule has 1 aliphatic heterocycles. The number of hydrogen-bond acceptors (Lipinski definition) is 4. The average Bonchev–Trinajstić information content (AvgIpc) is 3.10. The van der Waals surface area contributed by atoms with Crippen molar-refractivity contribution in [3.63, 3.8) is 0 Å². The van der Waals surface area contributed by atoms with Crippen LogP contribution in [0, 0.1) is 17.2 Å². The molecule has 27 heavy (non-hydrogen) atoms. The smallest absolute Gasteiger partial charge is 0.227 e. The largest absolute Gasteiger partial charge is 0.496 e. The van der Waals surface area contributed by atoms with Crippen LogP contribution in [0.3, 0.4) is 0 Å². The van der Waals surface area contributed by atoms with Crippen molar-refractivity contribution < 1.29 is 14.3 Å². The number of carbonyl (C=O) groups is 2. The first-order valence-corrected chi connectivity index (χ1v) is 8.82. The molecule has 6 nitrogen and oxygen atoms in total. The van der Waals surface area contributed by atoms with E-state index in [0.717, 1.165) is 11.3 Å². The number of ether oxygens (including phenoxy) is 1. The van der Waals surface area contributed by atoms with Crippen LogP contribution in [0.5, 0.6) is 5.75 Å². The Kier molecular flexibility index (Phi) is 5.72. The van der Waals surface area contributed by atoms with Crippen LogP contribution in [0.25, 0.3) is 0 Å². The van der Waals surface area contributed by atoms with Crippen LogP contribution in [0.4, 0.5) is 5.69 Å². The molecule has 1 heterocycles. The van der Waals surface area contributed by atoms with Crippen molar-refractivity contribution in [2.75, 3.05) is 25.1 Å². The first-order valence-electron chi connectivity index (χ1n) is 8.82. The number of hydrogen-bond donors (Lipinski definition) is 1. The molecule has 0 aliphatic carbocycles. The summed E-state index contributed by atoms with van der Waals surface area (Å²) in [6, 6.07) is 16.6. The van der Waals surface area contributed by atoms with E-state index in [1.807, 2.05) is 24.3 Å². The summed E-state index contributed by atoms with van der Waals surface area (Å²) in [5.41, 5.74) is 2.17. The Labute approximate surface area is 158 Å². The molecule has 1 fully saturated rings. The number of amides is 2. The summed E-state index contributed by atoms with van der Waals surface area (Å²) in [5.74, 6) is 0.180. The van der Waals surface area contributed by atoms with Gasteiger partial charge >= 0.3 is 0 Å². The van der Waals surface area contributed by atoms with E-state index >= 15 is 0 Å². The molecule has 2 amide bonds. The third kappa shape index (κ3) is 4.26. The number of para-hydroxylation sites is 1. The summed E-state index contributed by atoms with van der Waals surface area (Å²) < 4.78 is 5.31. The summed E-state index contributed by atoms with van der Waals surface area (Å²) in [6.07, 6.45) is 0.835. The van der Waals surface area contributed by atoms with Crippen LogP contribution < -0.4 is 15.0 Å². The molecule has 1 unspecified atom stereocenters. The minimum Gasteiger partial charge on any atom is -0.496 e. The molecule has 0 radical (unpaired) electrons. The van der Waals surface area contributed by atoms with Gasteiger partial charge in [-0.25, -0.2) is 0 Å². The molecular formula is C21H21N3O3. The molecule has 3 rings (SSSR count). The van der Waals surface area contributed by atoms with Crippen LogP contribution >= 0.6 is 0 Å². The van der Waals surface area contributed by atoms with Gasteiger partial charge in [-0.2, -0.15) is 5.26 Å². The number of nitriles is 1. The molecule has 138 valence electrons. The zero-order valence-electron chi connectivity index (χ0n) is 15.1. The van der Waals surface area contributed by atoms with Gasteiger partial charge in [0.2, 0.25) is 11.8 Å². The number of benzene rings is 2. The number of carbonyl (C=O) groups excluding carboxylic acids is 2. The Morgan fingerprint density at radius 1 is 1.30 bits per heavy atom. The summed E-state index contributed by atoms with van der Waals surface area (Å²) in [7, 11) is 1.62. The maximum absolute atomic E-state index is 12.5. The van der Waals surface area contributed by atoms with Crippen molar-refractivity contribution >= 4 is 17.5 Å². The number of anilines is 1. The van der Waals surface area contributed by atoms with Crippen LogP contribution in [-0.2, 0) is 16.0 Å². The van der Waals surface area contributed by atoms with Crippen LogP contribution in [0.1, 0.15) is 17.5 Å². The molecular weight excluding hydrogens is 342 g/mol. The topological polar surface area (TPSA) is 82.4 Å². The second-order valence-electron chi connectivity index (χ2n) is 6.42. The van der Waals surface area contributed by atoms with E-state index in [0.29, 0.717) is 30.8 Å². The predicted molar refractivity (Wildman–Crippen MR) is 101 cm³/mol. The summed E-state index contributed by atoms with van der Waals surface area (Å²) >= 11 is 0. The van der Waals surface area contributed by atoms with E-state index < -0.39 is 0 Å². The molecule has 1 N–H and O–H groups in total. The van der Waals surface area contributed by atoms with Crippen molar-refractivity contribution in [1.82, 2.24) is 5.32 Å². The van der Waals surface area contributed by atoms with Crippen molar-refractivity contribution in [2.45, 2.75) is 12.8 Å². The van der Waals surface area contributed by atoms with Crippen LogP contribution in [-0.4, -0.2) is 32.0 Å². The van der Waals surface area contributed by atoms with Crippen LogP contribution in [0.2, 0.25) is 0 Å². The van der Waals surface area contributed by atoms with Gasteiger partial charge in [0.05, 0.1) is 24.7 Å². The normalized spacial score (nSPS) is 16.1. The van der Waals surface area contributed by atoms with Crippen molar-refractivity contribution in [1.29, 1.82) is 5.26 Å². The van der Waals surface area contributed by atoms with E-state index in [1.54, 1.807) is 36.3 Å². The maximum atomic E-state index is 12.5. The quantitative estimate of drug-likeness (QED) is 0.854. The lowest BCUT2D eigenvalue weighted by Crippen LogP contribution is -2.34. The van der Waals surface area contributed by atoms with E-state index in [1.165, 1.54) is 0 Å². The molecule has 1 atom stereocenters. The number of nitrogens with one attached hydrogen (secondary N) is 1. The maximum Gasteiger partial charge on any atom is 0.227 e. The third-order valence-electron chi connectivity index (χ3n) is 4.67.